The highest BCUT2D eigenvalue weighted by Gasteiger charge is 2.25. The second kappa shape index (κ2) is 3.17. The van der Waals surface area contributed by atoms with Gasteiger partial charge in [-0.25, -0.2) is 5.21 Å². The highest BCUT2D eigenvalue weighted by Crippen LogP contribution is 2.14. The third kappa shape index (κ3) is 1.82. The standard InChI is InChI=1S/C8H16NO/c1-2-6-9(10)7-4-3-5-8-9/h2,10H,1,3-8H2/q+1. The molecule has 0 aliphatic carbocycles. The molecule has 0 unspecified atom stereocenters. The van der Waals surface area contributed by atoms with Crippen LogP contribution in [-0.4, -0.2) is 29.5 Å². The smallest absolute Gasteiger partial charge is 0.127 e. The molecule has 0 bridgehead atoms. The zero-order valence-corrected chi connectivity index (χ0v) is 6.42. The van der Waals surface area contributed by atoms with E-state index in [4.69, 9.17) is 0 Å². The summed E-state index contributed by atoms with van der Waals surface area (Å²) in [5, 5.41) is 9.74. The first-order chi connectivity index (χ1) is 4.77. The lowest BCUT2D eigenvalue weighted by molar-refractivity contribution is -1.10. The molecule has 0 saturated carbocycles. The lowest BCUT2D eigenvalue weighted by Crippen LogP contribution is -2.48. The van der Waals surface area contributed by atoms with Gasteiger partial charge in [-0.05, 0) is 25.3 Å². The van der Waals surface area contributed by atoms with E-state index in [1.165, 1.54) is 6.42 Å². The van der Waals surface area contributed by atoms with E-state index in [1.807, 2.05) is 0 Å². The Kier molecular flexibility index (Phi) is 2.46. The van der Waals surface area contributed by atoms with Crippen LogP contribution in [0, 0.1) is 0 Å². The molecule has 0 spiro atoms. The van der Waals surface area contributed by atoms with Gasteiger partial charge in [-0.3, -0.25) is 0 Å². The van der Waals surface area contributed by atoms with E-state index in [0.29, 0.717) is 6.54 Å². The van der Waals surface area contributed by atoms with Crippen LogP contribution >= 0.6 is 0 Å². The molecule has 0 atom stereocenters. The van der Waals surface area contributed by atoms with Crippen molar-refractivity contribution in [3.63, 3.8) is 0 Å². The Morgan fingerprint density at radius 3 is 2.40 bits per heavy atom. The van der Waals surface area contributed by atoms with Crippen LogP contribution in [0.5, 0.6) is 0 Å². The van der Waals surface area contributed by atoms with Gasteiger partial charge in [0.25, 0.3) is 0 Å². The summed E-state index contributed by atoms with van der Waals surface area (Å²) in [7, 11) is 0. The highest BCUT2D eigenvalue weighted by atomic mass is 16.5. The van der Waals surface area contributed by atoms with E-state index < -0.39 is 0 Å². The molecule has 1 saturated heterocycles. The van der Waals surface area contributed by atoms with Crippen LogP contribution < -0.4 is 0 Å². The SMILES string of the molecule is C=CC[N+]1(O)CCCCC1. The fraction of sp³-hybridized carbons (Fsp3) is 0.750. The number of hydrogen-bond acceptors (Lipinski definition) is 1. The van der Waals surface area contributed by atoms with E-state index in [-0.39, 0.29) is 4.65 Å². The van der Waals surface area contributed by atoms with E-state index in [1.54, 1.807) is 6.08 Å². The quantitative estimate of drug-likeness (QED) is 0.458. The molecule has 1 N–H and O–H groups in total. The second-order valence-electron chi connectivity index (χ2n) is 3.07. The fourth-order valence-electron chi connectivity index (χ4n) is 1.52. The third-order valence-electron chi connectivity index (χ3n) is 2.12. The average Bonchev–Trinajstić information content (AvgIpc) is 1.89. The molecule has 0 radical (unpaired) electrons. The molecule has 1 heterocycles. The van der Waals surface area contributed by atoms with Crippen molar-refractivity contribution in [3.8, 4) is 0 Å². The van der Waals surface area contributed by atoms with Gasteiger partial charge < -0.3 is 0 Å². The Bertz CT molecular complexity index is 116. The van der Waals surface area contributed by atoms with E-state index in [9.17, 15) is 5.21 Å². The fourth-order valence-corrected chi connectivity index (χ4v) is 1.52. The summed E-state index contributed by atoms with van der Waals surface area (Å²) in [5.41, 5.74) is 0. The Morgan fingerprint density at radius 2 is 1.90 bits per heavy atom. The van der Waals surface area contributed by atoms with Crippen molar-refractivity contribution in [3.05, 3.63) is 12.7 Å². The number of hydrogen-bond donors (Lipinski definition) is 1. The Labute approximate surface area is 62.3 Å². The predicted octanol–water partition coefficient (Wildman–Crippen LogP) is 1.56. The van der Waals surface area contributed by atoms with Crippen molar-refractivity contribution in [1.29, 1.82) is 0 Å². The number of nitrogens with zero attached hydrogens (tertiary/aromatic N) is 1. The van der Waals surface area contributed by atoms with Gasteiger partial charge in [0.1, 0.15) is 19.6 Å². The molecule has 1 rings (SSSR count). The monoisotopic (exact) mass is 142 g/mol. The van der Waals surface area contributed by atoms with Crippen molar-refractivity contribution in [2.75, 3.05) is 19.6 Å². The van der Waals surface area contributed by atoms with Crippen LogP contribution in [0.2, 0.25) is 0 Å². The normalized spacial score (nSPS) is 24.1. The van der Waals surface area contributed by atoms with Crippen molar-refractivity contribution in [2.45, 2.75) is 19.3 Å². The van der Waals surface area contributed by atoms with Crippen LogP contribution in [0.15, 0.2) is 12.7 Å². The van der Waals surface area contributed by atoms with Gasteiger partial charge in [0.2, 0.25) is 0 Å². The molecule has 58 valence electrons. The molecular weight excluding hydrogens is 126 g/mol. The van der Waals surface area contributed by atoms with Gasteiger partial charge >= 0.3 is 0 Å². The zero-order valence-electron chi connectivity index (χ0n) is 6.42. The molecule has 0 amide bonds. The number of piperidine rings is 1. The summed E-state index contributed by atoms with van der Waals surface area (Å²) in [5.74, 6) is 0. The molecule has 2 nitrogen and oxygen atoms in total. The minimum atomic E-state index is 0.226. The Balaban J connectivity index is 2.39. The Hall–Kier alpha value is -0.340. The van der Waals surface area contributed by atoms with Gasteiger partial charge in [0, 0.05) is 0 Å². The molecule has 0 aromatic heterocycles. The number of hydroxylamine groups is 3. The van der Waals surface area contributed by atoms with E-state index >= 15 is 0 Å². The Morgan fingerprint density at radius 1 is 1.30 bits per heavy atom. The van der Waals surface area contributed by atoms with Gasteiger partial charge in [-0.15, -0.1) is 0 Å². The zero-order chi connectivity index (χ0) is 7.45. The molecule has 1 fully saturated rings. The third-order valence-corrected chi connectivity index (χ3v) is 2.12. The van der Waals surface area contributed by atoms with Gasteiger partial charge in [0.15, 0.2) is 0 Å². The number of quaternary nitrogens is 1. The number of likely N-dealkylation sites (tertiary alicyclic amines) is 1. The topological polar surface area (TPSA) is 20.2 Å². The maximum Gasteiger partial charge on any atom is 0.127 e. The first-order valence-electron chi connectivity index (χ1n) is 3.97. The summed E-state index contributed by atoms with van der Waals surface area (Å²) >= 11 is 0. The lowest BCUT2D eigenvalue weighted by atomic mass is 10.1. The maximum atomic E-state index is 9.74. The van der Waals surface area contributed by atoms with Crippen LogP contribution in [0.4, 0.5) is 0 Å². The minimum absolute atomic E-state index is 0.226. The maximum absolute atomic E-state index is 9.74. The van der Waals surface area contributed by atoms with Crippen LogP contribution in [-0.2, 0) is 0 Å². The van der Waals surface area contributed by atoms with E-state index in [0.717, 1.165) is 25.9 Å². The van der Waals surface area contributed by atoms with Gasteiger partial charge in [-0.2, -0.15) is 4.65 Å². The summed E-state index contributed by atoms with van der Waals surface area (Å²) in [6, 6.07) is 0. The van der Waals surface area contributed by atoms with Crippen LogP contribution in [0.3, 0.4) is 0 Å². The largest absolute Gasteiger partial charge is 0.217 e. The molecule has 1 aliphatic rings. The van der Waals surface area contributed by atoms with Gasteiger partial charge in [-0.1, -0.05) is 6.58 Å². The van der Waals surface area contributed by atoms with Crippen molar-refractivity contribution >= 4 is 0 Å². The summed E-state index contributed by atoms with van der Waals surface area (Å²) < 4.78 is 0.226. The van der Waals surface area contributed by atoms with Crippen molar-refractivity contribution < 1.29 is 9.85 Å². The summed E-state index contributed by atoms with van der Waals surface area (Å²) in [4.78, 5) is 0. The molecule has 10 heavy (non-hydrogen) atoms. The molecule has 0 aromatic carbocycles. The molecular formula is C8H16NO+. The van der Waals surface area contributed by atoms with E-state index in [2.05, 4.69) is 6.58 Å². The summed E-state index contributed by atoms with van der Waals surface area (Å²) in [6.45, 7) is 6.15. The van der Waals surface area contributed by atoms with Crippen molar-refractivity contribution in [1.82, 2.24) is 0 Å². The first kappa shape index (κ1) is 7.76. The van der Waals surface area contributed by atoms with Crippen molar-refractivity contribution in [2.24, 2.45) is 0 Å². The highest BCUT2D eigenvalue weighted by molar-refractivity contribution is 4.65. The predicted molar refractivity (Wildman–Crippen MR) is 40.7 cm³/mol. The van der Waals surface area contributed by atoms with Crippen LogP contribution in [0.25, 0.3) is 0 Å². The average molecular weight is 142 g/mol. The summed E-state index contributed by atoms with van der Waals surface area (Å²) in [6.07, 6.45) is 5.39. The number of rotatable bonds is 2. The molecule has 0 aromatic rings. The van der Waals surface area contributed by atoms with Crippen LogP contribution in [0.1, 0.15) is 19.3 Å². The first-order valence-corrected chi connectivity index (χ1v) is 3.97. The van der Waals surface area contributed by atoms with Gasteiger partial charge in [0.05, 0.1) is 0 Å². The minimum Gasteiger partial charge on any atom is -0.217 e. The second-order valence-corrected chi connectivity index (χ2v) is 3.07. The lowest BCUT2D eigenvalue weighted by Gasteiger charge is -2.32. The molecule has 2 heteroatoms. The molecule has 1 aliphatic heterocycles.